The molecule has 4 N–H and O–H groups in total. The lowest BCUT2D eigenvalue weighted by atomic mass is 9.85. The first kappa shape index (κ1) is 23.2. The fourth-order valence-corrected chi connectivity index (χ4v) is 3.32. The number of nitrogens with zero attached hydrogens (tertiary/aromatic N) is 1. The zero-order valence-corrected chi connectivity index (χ0v) is 15.6. The van der Waals surface area contributed by atoms with Crippen LogP contribution >= 0.6 is 0 Å². The maximum Gasteiger partial charge on any atom is 0.0201 e. The van der Waals surface area contributed by atoms with Crippen LogP contribution in [0.3, 0.4) is 0 Å². The number of hydrogen-bond acceptors (Lipinski definition) is 3. The minimum absolute atomic E-state index is 0.472. The number of hydrazine groups is 1. The summed E-state index contributed by atoms with van der Waals surface area (Å²) in [7, 11) is 2.33. The van der Waals surface area contributed by atoms with Gasteiger partial charge in [0.25, 0.3) is 0 Å². The van der Waals surface area contributed by atoms with Crippen molar-refractivity contribution in [2.24, 2.45) is 11.7 Å². The molecule has 21 heavy (non-hydrogen) atoms. The molecule has 0 bridgehead atoms. The van der Waals surface area contributed by atoms with Crippen LogP contribution in [-0.4, -0.2) is 24.0 Å². The van der Waals surface area contributed by atoms with Gasteiger partial charge in [0, 0.05) is 5.54 Å². The highest BCUT2D eigenvalue weighted by Crippen LogP contribution is 2.29. The van der Waals surface area contributed by atoms with Gasteiger partial charge in [0.05, 0.1) is 0 Å². The Kier molecular flexibility index (Phi) is 17.9. The van der Waals surface area contributed by atoms with E-state index in [0.29, 0.717) is 5.54 Å². The maximum absolute atomic E-state index is 4.00. The summed E-state index contributed by atoms with van der Waals surface area (Å²) in [5.41, 5.74) is 0.472. The number of rotatable bonds is 13. The Morgan fingerprint density at radius 1 is 0.714 bits per heavy atom. The van der Waals surface area contributed by atoms with Crippen LogP contribution < -0.4 is 11.7 Å². The Hall–Kier alpha value is -0.120. The van der Waals surface area contributed by atoms with Gasteiger partial charge < -0.3 is 4.90 Å². The summed E-state index contributed by atoms with van der Waals surface area (Å²) < 4.78 is 0. The molecule has 0 spiro atoms. The minimum Gasteiger partial charge on any atom is -0.301 e. The quantitative estimate of drug-likeness (QED) is 0.290. The van der Waals surface area contributed by atoms with E-state index in [1.165, 1.54) is 77.2 Å². The lowest BCUT2D eigenvalue weighted by Gasteiger charge is -2.41. The van der Waals surface area contributed by atoms with E-state index in [0.717, 1.165) is 0 Å². The molecule has 0 aromatic carbocycles. The van der Waals surface area contributed by atoms with E-state index < -0.39 is 0 Å². The average Bonchev–Trinajstić information content (AvgIpc) is 2.53. The first-order valence-corrected chi connectivity index (χ1v) is 9.21. The van der Waals surface area contributed by atoms with E-state index in [1.807, 2.05) is 0 Å². The number of hydrogen-bond donors (Lipinski definition) is 2. The largest absolute Gasteiger partial charge is 0.301 e. The summed E-state index contributed by atoms with van der Waals surface area (Å²) in [4.78, 5) is 2.63. The van der Waals surface area contributed by atoms with Gasteiger partial charge in [0.2, 0.25) is 0 Å². The molecule has 0 atom stereocenters. The van der Waals surface area contributed by atoms with Crippen molar-refractivity contribution in [2.75, 3.05) is 13.6 Å². The van der Waals surface area contributed by atoms with Crippen LogP contribution in [0.5, 0.6) is 0 Å². The molecular formula is C18H43N3. The third-order valence-electron chi connectivity index (χ3n) is 4.93. The molecule has 0 rings (SSSR count). The Morgan fingerprint density at radius 3 is 1.62 bits per heavy atom. The first-order valence-electron chi connectivity index (χ1n) is 9.21. The van der Waals surface area contributed by atoms with Gasteiger partial charge >= 0.3 is 0 Å². The Labute approximate surface area is 134 Å². The molecule has 130 valence electrons. The van der Waals surface area contributed by atoms with Gasteiger partial charge in [-0.3, -0.25) is 11.7 Å². The summed E-state index contributed by atoms with van der Waals surface area (Å²) in [6.07, 6.45) is 15.2. The van der Waals surface area contributed by atoms with Crippen molar-refractivity contribution in [3.63, 3.8) is 0 Å². The van der Waals surface area contributed by atoms with Gasteiger partial charge in [-0.1, -0.05) is 72.6 Å². The molecule has 0 unspecified atom stereocenters. The molecule has 0 aliphatic heterocycles. The van der Waals surface area contributed by atoms with E-state index in [9.17, 15) is 0 Å². The predicted octanol–water partition coefficient (Wildman–Crippen LogP) is 4.85. The fraction of sp³-hybridized carbons (Fsp3) is 1.00. The highest BCUT2D eigenvalue weighted by Gasteiger charge is 2.29. The van der Waals surface area contributed by atoms with Gasteiger partial charge in [-0.2, -0.15) is 0 Å². The molecule has 0 aromatic rings. The molecule has 0 aliphatic carbocycles. The molecule has 3 nitrogen and oxygen atoms in total. The van der Waals surface area contributed by atoms with E-state index in [1.54, 1.807) is 0 Å². The van der Waals surface area contributed by atoms with Gasteiger partial charge in [-0.05, 0) is 39.3 Å². The molecule has 3 heteroatoms. The van der Waals surface area contributed by atoms with Crippen molar-refractivity contribution in [2.45, 2.75) is 104 Å². The Balaban J connectivity index is 0. The van der Waals surface area contributed by atoms with Crippen molar-refractivity contribution < 1.29 is 0 Å². The van der Waals surface area contributed by atoms with Crippen LogP contribution in [0.15, 0.2) is 0 Å². The van der Waals surface area contributed by atoms with Crippen molar-refractivity contribution in [3.05, 3.63) is 0 Å². The molecule has 0 amide bonds. The first-order chi connectivity index (χ1) is 10.2. The fourth-order valence-electron chi connectivity index (χ4n) is 3.32. The normalized spacial score (nSPS) is 11.4. The molecule has 0 aliphatic rings. The molecule has 0 radical (unpaired) electrons. The van der Waals surface area contributed by atoms with Crippen LogP contribution in [0.1, 0.15) is 98.3 Å². The van der Waals surface area contributed by atoms with E-state index in [4.69, 9.17) is 0 Å². The summed E-state index contributed by atoms with van der Waals surface area (Å²) in [6.45, 7) is 10.6. The van der Waals surface area contributed by atoms with Crippen LogP contribution in [-0.2, 0) is 0 Å². The standard InChI is InChI=1S/C18H39N.H4N2/c1-6-10-11-12-13-14-15-16-18(8-3,9-4)19(5)17-7-2;1-2/h6-17H2,1-5H3;1-2H2. The molecule has 0 saturated carbocycles. The van der Waals surface area contributed by atoms with Gasteiger partial charge in [-0.15, -0.1) is 0 Å². The number of nitrogens with two attached hydrogens (primary N) is 2. The Bertz CT molecular complexity index is 191. The third kappa shape index (κ3) is 10.3. The van der Waals surface area contributed by atoms with Crippen LogP contribution in [0.25, 0.3) is 0 Å². The molecule has 0 fully saturated rings. The van der Waals surface area contributed by atoms with Crippen LogP contribution in [0.4, 0.5) is 0 Å². The van der Waals surface area contributed by atoms with Crippen molar-refractivity contribution in [3.8, 4) is 0 Å². The highest BCUT2D eigenvalue weighted by atomic mass is 15.2. The number of unbranched alkanes of at least 4 members (excludes halogenated alkanes) is 6. The van der Waals surface area contributed by atoms with Crippen molar-refractivity contribution in [1.29, 1.82) is 0 Å². The third-order valence-corrected chi connectivity index (χ3v) is 4.93. The van der Waals surface area contributed by atoms with E-state index in [2.05, 4.69) is 51.3 Å². The van der Waals surface area contributed by atoms with E-state index in [-0.39, 0.29) is 0 Å². The minimum atomic E-state index is 0.472. The zero-order valence-electron chi connectivity index (χ0n) is 15.6. The second-order valence-corrected chi connectivity index (χ2v) is 6.22. The second-order valence-electron chi connectivity index (χ2n) is 6.22. The van der Waals surface area contributed by atoms with E-state index >= 15 is 0 Å². The summed E-state index contributed by atoms with van der Waals surface area (Å²) in [5.74, 6) is 8.00. The smallest absolute Gasteiger partial charge is 0.0201 e. The van der Waals surface area contributed by atoms with Crippen molar-refractivity contribution >= 4 is 0 Å². The molecule has 0 heterocycles. The lowest BCUT2D eigenvalue weighted by molar-refractivity contribution is 0.0943. The van der Waals surface area contributed by atoms with Crippen LogP contribution in [0.2, 0.25) is 0 Å². The molecular weight excluding hydrogens is 258 g/mol. The van der Waals surface area contributed by atoms with Gasteiger partial charge in [0.15, 0.2) is 0 Å². The maximum atomic E-state index is 4.00. The topological polar surface area (TPSA) is 55.3 Å². The van der Waals surface area contributed by atoms with Gasteiger partial charge in [0.1, 0.15) is 0 Å². The summed E-state index contributed by atoms with van der Waals surface area (Å²) in [6, 6.07) is 0. The molecule has 0 aromatic heterocycles. The lowest BCUT2D eigenvalue weighted by Crippen LogP contribution is -2.45. The Morgan fingerprint density at radius 2 is 1.19 bits per heavy atom. The SMILES string of the molecule is CCCCCCCCCC(CC)(CC)N(C)CCC.NN. The van der Waals surface area contributed by atoms with Crippen molar-refractivity contribution in [1.82, 2.24) is 4.90 Å². The van der Waals surface area contributed by atoms with Crippen LogP contribution in [0, 0.1) is 0 Å². The highest BCUT2D eigenvalue weighted by molar-refractivity contribution is 4.86. The summed E-state index contributed by atoms with van der Waals surface area (Å²) >= 11 is 0. The van der Waals surface area contributed by atoms with Gasteiger partial charge in [-0.25, -0.2) is 0 Å². The molecule has 0 saturated heterocycles. The second kappa shape index (κ2) is 16.3. The zero-order chi connectivity index (χ0) is 16.6. The predicted molar refractivity (Wildman–Crippen MR) is 97.2 cm³/mol. The monoisotopic (exact) mass is 301 g/mol. The summed E-state index contributed by atoms with van der Waals surface area (Å²) in [5, 5.41) is 0. The average molecular weight is 302 g/mol.